The summed E-state index contributed by atoms with van der Waals surface area (Å²) in [4.78, 5) is 55.6. The lowest BCUT2D eigenvalue weighted by atomic mass is 9.84. The number of aliphatic hydroxyl groups excluding tert-OH is 1. The number of amides is 3. The predicted octanol–water partition coefficient (Wildman–Crippen LogP) is 3.17. The number of aryl methyl sites for hydroxylation is 3. The first kappa shape index (κ1) is 38.7. The maximum Gasteiger partial charge on any atom is 0.305 e. The van der Waals surface area contributed by atoms with Gasteiger partial charge in [0.2, 0.25) is 17.7 Å². The van der Waals surface area contributed by atoms with Gasteiger partial charge in [0, 0.05) is 25.0 Å². The molecule has 3 amide bonds. The smallest absolute Gasteiger partial charge is 0.305 e. The molecule has 0 radical (unpaired) electrons. The van der Waals surface area contributed by atoms with E-state index in [1.54, 1.807) is 6.20 Å². The van der Waals surface area contributed by atoms with Crippen molar-refractivity contribution in [3.05, 3.63) is 53.6 Å². The van der Waals surface area contributed by atoms with Crippen LogP contribution < -0.4 is 21.7 Å². The van der Waals surface area contributed by atoms with Crippen LogP contribution in [-0.2, 0) is 38.6 Å². The standard InChI is InChI=1S/C36H56N6O6/c1-26-38-20-22-42(26)21-10-8-11-27-15-17-28(18-16-27)23-33(44)39-32(25-43)36(48)40-30(14-7-9-19-37)35(47)41-31(24-34(45)46)29-12-5-3-2-4-6-13-29/h15-18,20,22,29-32,43H,2-14,19,21,23-25,37H2,1H3,(H,39,44)(H,40,48)(H,41,47)(H,45,46). The molecule has 12 nitrogen and oxygen atoms in total. The van der Waals surface area contributed by atoms with Crippen LogP contribution in [0.3, 0.4) is 0 Å². The van der Waals surface area contributed by atoms with E-state index in [2.05, 4.69) is 25.5 Å². The molecule has 7 N–H and O–H groups in total. The van der Waals surface area contributed by atoms with Crippen molar-refractivity contribution in [3.8, 4) is 0 Å². The Morgan fingerprint density at radius 3 is 2.19 bits per heavy atom. The number of aliphatic hydroxyl groups is 1. The summed E-state index contributed by atoms with van der Waals surface area (Å²) in [5.41, 5.74) is 7.61. The summed E-state index contributed by atoms with van der Waals surface area (Å²) in [5, 5.41) is 27.8. The minimum Gasteiger partial charge on any atom is -0.481 e. The fraction of sp³-hybridized carbons (Fsp3) is 0.639. The molecule has 1 aromatic heterocycles. The van der Waals surface area contributed by atoms with Crippen molar-refractivity contribution in [1.82, 2.24) is 25.5 Å². The number of nitrogens with two attached hydrogens (primary N) is 1. The number of aliphatic carboxylic acids is 1. The Kier molecular flexibility index (Phi) is 17.1. The number of aromatic nitrogens is 2. The van der Waals surface area contributed by atoms with Crippen LogP contribution in [0.4, 0.5) is 0 Å². The van der Waals surface area contributed by atoms with Crippen molar-refractivity contribution in [2.45, 2.75) is 128 Å². The highest BCUT2D eigenvalue weighted by Crippen LogP contribution is 2.26. The highest BCUT2D eigenvalue weighted by Gasteiger charge is 2.31. The largest absolute Gasteiger partial charge is 0.481 e. The van der Waals surface area contributed by atoms with Crippen molar-refractivity contribution in [2.75, 3.05) is 13.2 Å². The van der Waals surface area contributed by atoms with E-state index in [-0.39, 0.29) is 18.8 Å². The Balaban J connectivity index is 1.54. The number of unbranched alkanes of at least 4 members (excludes halogenated alkanes) is 2. The normalized spacial score (nSPS) is 15.8. The average Bonchev–Trinajstić information content (AvgIpc) is 3.45. The SMILES string of the molecule is Cc1nccn1CCCCc1ccc(CC(=O)NC(CO)C(=O)NC(CCCCN)C(=O)NC(CC(=O)O)C2CCCCCCC2)cc1. The second-order valence-electron chi connectivity index (χ2n) is 13.1. The highest BCUT2D eigenvalue weighted by atomic mass is 16.4. The monoisotopic (exact) mass is 668 g/mol. The van der Waals surface area contributed by atoms with E-state index < -0.39 is 48.4 Å². The third-order valence-electron chi connectivity index (χ3n) is 9.28. The number of nitrogens with zero attached hydrogens (tertiary/aromatic N) is 2. The Bertz CT molecular complexity index is 1270. The van der Waals surface area contributed by atoms with Crippen LogP contribution in [0.15, 0.2) is 36.7 Å². The van der Waals surface area contributed by atoms with Gasteiger partial charge < -0.3 is 36.5 Å². The predicted molar refractivity (Wildman–Crippen MR) is 184 cm³/mol. The van der Waals surface area contributed by atoms with Gasteiger partial charge in [0.1, 0.15) is 17.9 Å². The first-order valence-corrected chi connectivity index (χ1v) is 17.7. The minimum atomic E-state index is -1.25. The van der Waals surface area contributed by atoms with Crippen molar-refractivity contribution in [1.29, 1.82) is 0 Å². The summed E-state index contributed by atoms with van der Waals surface area (Å²) in [6, 6.07) is 5.03. The second-order valence-corrected chi connectivity index (χ2v) is 13.1. The van der Waals surface area contributed by atoms with E-state index in [0.717, 1.165) is 75.7 Å². The number of carbonyl (C=O) groups excluding carboxylic acids is 3. The molecule has 3 rings (SSSR count). The Morgan fingerprint density at radius 1 is 0.896 bits per heavy atom. The summed E-state index contributed by atoms with van der Waals surface area (Å²) < 4.78 is 2.14. The van der Waals surface area contributed by atoms with Crippen molar-refractivity contribution < 1.29 is 29.4 Å². The van der Waals surface area contributed by atoms with Crippen LogP contribution in [0.2, 0.25) is 0 Å². The van der Waals surface area contributed by atoms with E-state index in [1.165, 1.54) is 12.0 Å². The number of carbonyl (C=O) groups is 4. The molecular weight excluding hydrogens is 612 g/mol. The molecule has 1 aliphatic carbocycles. The molecule has 2 aromatic rings. The molecule has 48 heavy (non-hydrogen) atoms. The number of hydrogen-bond donors (Lipinski definition) is 6. The first-order valence-electron chi connectivity index (χ1n) is 17.7. The van der Waals surface area contributed by atoms with Crippen LogP contribution in [-0.4, -0.2) is 74.7 Å². The lowest BCUT2D eigenvalue weighted by molar-refractivity contribution is -0.138. The number of carboxylic acids is 1. The molecule has 0 saturated heterocycles. The van der Waals surface area contributed by atoms with Gasteiger partial charge >= 0.3 is 5.97 Å². The molecule has 266 valence electrons. The number of benzene rings is 1. The molecule has 1 aromatic carbocycles. The van der Waals surface area contributed by atoms with Crippen LogP contribution in [0.5, 0.6) is 0 Å². The molecule has 3 atom stereocenters. The van der Waals surface area contributed by atoms with E-state index in [4.69, 9.17) is 5.73 Å². The summed E-state index contributed by atoms with van der Waals surface area (Å²) in [6.45, 7) is 2.70. The summed E-state index contributed by atoms with van der Waals surface area (Å²) in [6.07, 6.45) is 15.1. The van der Waals surface area contributed by atoms with E-state index in [9.17, 15) is 29.4 Å². The minimum absolute atomic E-state index is 0.0304. The number of rotatable bonds is 20. The molecule has 1 heterocycles. The van der Waals surface area contributed by atoms with Crippen molar-refractivity contribution in [3.63, 3.8) is 0 Å². The van der Waals surface area contributed by atoms with E-state index >= 15 is 0 Å². The van der Waals surface area contributed by atoms with Gasteiger partial charge in [-0.25, -0.2) is 4.98 Å². The Hall–Kier alpha value is -3.77. The zero-order valence-corrected chi connectivity index (χ0v) is 28.5. The van der Waals surface area contributed by atoms with Gasteiger partial charge in [-0.05, 0) is 81.9 Å². The maximum atomic E-state index is 13.5. The Morgan fingerprint density at radius 2 is 1.56 bits per heavy atom. The number of carboxylic acid groups (broad SMARTS) is 1. The van der Waals surface area contributed by atoms with Crippen LogP contribution in [0.1, 0.15) is 100 Å². The Labute approximate surface area is 284 Å². The van der Waals surface area contributed by atoms with Crippen LogP contribution in [0, 0.1) is 12.8 Å². The number of hydrogen-bond acceptors (Lipinski definition) is 7. The quantitative estimate of drug-likeness (QED) is 0.116. The fourth-order valence-corrected chi connectivity index (χ4v) is 6.43. The summed E-state index contributed by atoms with van der Waals surface area (Å²) in [7, 11) is 0. The molecule has 0 spiro atoms. The van der Waals surface area contributed by atoms with Gasteiger partial charge in [-0.1, -0.05) is 56.4 Å². The van der Waals surface area contributed by atoms with E-state index in [0.29, 0.717) is 25.8 Å². The summed E-state index contributed by atoms with van der Waals surface area (Å²) >= 11 is 0. The van der Waals surface area contributed by atoms with Gasteiger partial charge in [0.25, 0.3) is 0 Å². The lowest BCUT2D eigenvalue weighted by Crippen LogP contribution is -2.56. The number of nitrogens with one attached hydrogen (secondary N) is 3. The van der Waals surface area contributed by atoms with E-state index in [1.807, 2.05) is 37.4 Å². The van der Waals surface area contributed by atoms with Crippen LogP contribution in [0.25, 0.3) is 0 Å². The van der Waals surface area contributed by atoms with Crippen molar-refractivity contribution in [2.24, 2.45) is 11.7 Å². The van der Waals surface area contributed by atoms with Crippen molar-refractivity contribution >= 4 is 23.7 Å². The zero-order valence-electron chi connectivity index (χ0n) is 28.5. The molecule has 1 aliphatic rings. The lowest BCUT2D eigenvalue weighted by Gasteiger charge is -2.30. The first-order chi connectivity index (χ1) is 23.2. The molecule has 12 heteroatoms. The molecule has 0 bridgehead atoms. The van der Waals surface area contributed by atoms with Gasteiger partial charge in [-0.2, -0.15) is 0 Å². The molecular formula is C36H56N6O6. The van der Waals surface area contributed by atoms with Crippen LogP contribution >= 0.6 is 0 Å². The molecule has 1 saturated carbocycles. The average molecular weight is 669 g/mol. The summed E-state index contributed by atoms with van der Waals surface area (Å²) in [5.74, 6) is -1.51. The zero-order chi connectivity index (χ0) is 34.7. The third kappa shape index (κ3) is 13.8. The maximum absolute atomic E-state index is 13.5. The molecule has 3 unspecified atom stereocenters. The van der Waals surface area contributed by atoms with Gasteiger partial charge in [0.05, 0.1) is 19.4 Å². The number of imidazole rings is 1. The molecule has 0 aliphatic heterocycles. The van der Waals surface area contributed by atoms with Gasteiger partial charge in [-0.3, -0.25) is 19.2 Å². The topological polar surface area (TPSA) is 189 Å². The second kappa shape index (κ2) is 21.3. The molecule has 1 fully saturated rings. The third-order valence-corrected chi connectivity index (χ3v) is 9.28. The fourth-order valence-electron chi connectivity index (χ4n) is 6.43. The van der Waals surface area contributed by atoms with Gasteiger partial charge in [-0.15, -0.1) is 0 Å². The van der Waals surface area contributed by atoms with Gasteiger partial charge in [0.15, 0.2) is 0 Å². The highest BCUT2D eigenvalue weighted by molar-refractivity contribution is 5.92.